The lowest BCUT2D eigenvalue weighted by molar-refractivity contribution is -0.145. The average molecular weight is 379 g/mol. The molecule has 0 amide bonds. The van der Waals surface area contributed by atoms with Gasteiger partial charge in [-0.25, -0.2) is 4.79 Å². The van der Waals surface area contributed by atoms with E-state index in [2.05, 4.69) is 23.2 Å². The minimum atomic E-state index is -4.91. The van der Waals surface area contributed by atoms with Crippen molar-refractivity contribution < 1.29 is 34.2 Å². The zero-order valence-corrected chi connectivity index (χ0v) is 14.6. The Bertz CT molecular complexity index is 909. The molecule has 1 heterocycles. The van der Waals surface area contributed by atoms with Crippen LogP contribution in [0.3, 0.4) is 0 Å². The monoisotopic (exact) mass is 379 g/mol. The predicted octanol–water partition coefficient (Wildman–Crippen LogP) is 2.37. The van der Waals surface area contributed by atoms with Gasteiger partial charge in [0.2, 0.25) is 0 Å². The number of benzene rings is 1. The van der Waals surface area contributed by atoms with Crippen LogP contribution in [0.4, 0.5) is 0 Å². The molecule has 5 N–H and O–H groups in total. The Kier molecular flexibility index (Phi) is 5.51. The van der Waals surface area contributed by atoms with Crippen LogP contribution in [0.25, 0.3) is 10.9 Å². The smallest absolute Gasteiger partial charge is 0.334 e. The van der Waals surface area contributed by atoms with Gasteiger partial charge in [0.15, 0.2) is 0 Å². The maximum atomic E-state index is 11.3. The van der Waals surface area contributed by atoms with Gasteiger partial charge >= 0.3 is 19.5 Å². The predicted molar refractivity (Wildman–Crippen MR) is 94.7 cm³/mol. The number of fused-ring (bicyclic) bond motifs is 1. The van der Waals surface area contributed by atoms with E-state index in [1.54, 1.807) is 0 Å². The second-order valence-corrected chi connectivity index (χ2v) is 7.63. The number of hydrogen-bond acceptors (Lipinski definition) is 3. The number of hydrogen-bond donors (Lipinski definition) is 5. The maximum Gasteiger partial charge on any atom is 0.334 e. The number of carbonyl (C=O) groups is 2. The summed E-state index contributed by atoms with van der Waals surface area (Å²) in [5.74, 6) is -3.04. The summed E-state index contributed by atoms with van der Waals surface area (Å²) < 4.78 is 11.3. The molecule has 0 bridgehead atoms. The van der Waals surface area contributed by atoms with Crippen molar-refractivity contribution in [3.05, 3.63) is 60.3 Å². The molecule has 138 valence electrons. The third-order valence-corrected chi connectivity index (χ3v) is 5.57. The minimum Gasteiger partial charge on any atom is -0.481 e. The summed E-state index contributed by atoms with van der Waals surface area (Å²) in [5, 5.41) is 19.1. The number of carboxylic acids is 2. The Morgan fingerprint density at radius 3 is 2.35 bits per heavy atom. The molecule has 8 nitrogen and oxygen atoms in total. The van der Waals surface area contributed by atoms with Crippen molar-refractivity contribution >= 4 is 30.4 Å². The topological polar surface area (TPSA) is 148 Å². The molecule has 2 atom stereocenters. The first-order chi connectivity index (χ1) is 12.1. The molecule has 2 unspecified atom stereocenters. The van der Waals surface area contributed by atoms with Gasteiger partial charge in [-0.15, -0.1) is 0 Å². The van der Waals surface area contributed by atoms with Gasteiger partial charge in [-0.2, -0.15) is 0 Å². The molecule has 0 saturated carbocycles. The van der Waals surface area contributed by atoms with E-state index in [4.69, 9.17) is 20.0 Å². The van der Waals surface area contributed by atoms with Crippen molar-refractivity contribution in [1.29, 1.82) is 0 Å². The van der Waals surface area contributed by atoms with Crippen molar-refractivity contribution in [1.82, 2.24) is 4.98 Å². The van der Waals surface area contributed by atoms with E-state index in [1.165, 1.54) is 17.0 Å². The van der Waals surface area contributed by atoms with Crippen LogP contribution in [-0.4, -0.2) is 42.6 Å². The SMILES string of the molecule is CC1(C(=O)O)C=CC=C(C(=O)O)C1P(=O)(O)O.c1ccc2[nH]ccc2c1. The lowest BCUT2D eigenvalue weighted by atomic mass is 9.79. The van der Waals surface area contributed by atoms with Crippen molar-refractivity contribution in [2.45, 2.75) is 12.6 Å². The van der Waals surface area contributed by atoms with E-state index >= 15 is 0 Å². The molecule has 1 aliphatic rings. The summed E-state index contributed by atoms with van der Waals surface area (Å²) in [6.45, 7) is 1.07. The Morgan fingerprint density at radius 1 is 1.15 bits per heavy atom. The summed E-state index contributed by atoms with van der Waals surface area (Å²) in [5.41, 5.74) is -3.24. The number of rotatable bonds is 3. The van der Waals surface area contributed by atoms with Gasteiger partial charge in [0, 0.05) is 11.7 Å². The molecule has 0 saturated heterocycles. The average Bonchev–Trinajstić information content (AvgIpc) is 3.02. The molecule has 9 heteroatoms. The van der Waals surface area contributed by atoms with Crippen LogP contribution < -0.4 is 0 Å². The van der Waals surface area contributed by atoms with Crippen LogP contribution in [0.5, 0.6) is 0 Å². The Morgan fingerprint density at radius 2 is 1.81 bits per heavy atom. The van der Waals surface area contributed by atoms with E-state index in [0.29, 0.717) is 0 Å². The molecule has 3 rings (SSSR count). The second kappa shape index (κ2) is 7.29. The summed E-state index contributed by atoms with van der Waals surface area (Å²) in [6, 6.07) is 10.3. The maximum absolute atomic E-state index is 11.3. The number of H-pyrrole nitrogens is 1. The summed E-state index contributed by atoms with van der Waals surface area (Å²) >= 11 is 0. The molecule has 1 aliphatic carbocycles. The van der Waals surface area contributed by atoms with Crippen LogP contribution in [0.1, 0.15) is 6.92 Å². The molecule has 0 aliphatic heterocycles. The first-order valence-electron chi connectivity index (χ1n) is 7.51. The van der Waals surface area contributed by atoms with Crippen molar-refractivity contribution in [3.63, 3.8) is 0 Å². The number of aromatic amines is 1. The number of carboxylic acid groups (broad SMARTS) is 2. The van der Waals surface area contributed by atoms with Crippen LogP contribution in [-0.2, 0) is 14.2 Å². The lowest BCUT2D eigenvalue weighted by Gasteiger charge is -2.33. The third kappa shape index (κ3) is 3.94. The summed E-state index contributed by atoms with van der Waals surface area (Å²) in [7, 11) is -4.91. The number of aliphatic carboxylic acids is 2. The van der Waals surface area contributed by atoms with Gasteiger partial charge in [0.1, 0.15) is 11.1 Å². The first-order valence-corrected chi connectivity index (χ1v) is 9.19. The fraction of sp³-hybridized carbons (Fsp3) is 0.176. The number of para-hydroxylation sites is 1. The van der Waals surface area contributed by atoms with Crippen LogP contribution in [0.2, 0.25) is 0 Å². The van der Waals surface area contributed by atoms with Gasteiger partial charge in [0.05, 0.1) is 5.57 Å². The zero-order valence-electron chi connectivity index (χ0n) is 13.7. The zero-order chi connectivity index (χ0) is 19.5. The highest BCUT2D eigenvalue weighted by molar-refractivity contribution is 7.53. The van der Waals surface area contributed by atoms with E-state index in [0.717, 1.165) is 19.1 Å². The molecule has 0 fully saturated rings. The van der Waals surface area contributed by atoms with Crippen LogP contribution in [0, 0.1) is 5.41 Å². The van der Waals surface area contributed by atoms with Crippen LogP contribution in [0.15, 0.2) is 60.3 Å². The normalized spacial score (nSPS) is 22.3. The molecule has 1 aromatic heterocycles. The minimum absolute atomic E-state index is 0.606. The highest BCUT2D eigenvalue weighted by Crippen LogP contribution is 2.55. The fourth-order valence-electron chi connectivity index (χ4n) is 2.76. The van der Waals surface area contributed by atoms with Gasteiger partial charge in [-0.3, -0.25) is 9.36 Å². The standard InChI is InChI=1S/C9H11O7P.C8H7N/c1-9(8(12)13)4-2-3-5(7(10)11)6(9)17(14,15)16;1-2-4-8-7(3-1)5-6-9-8/h2-4,6H,1H3,(H,10,11)(H,12,13)(H2,14,15,16);1-6,9H. The Hall–Kier alpha value is -2.67. The lowest BCUT2D eigenvalue weighted by Crippen LogP contribution is -2.42. The van der Waals surface area contributed by atoms with E-state index < -0.39 is 36.2 Å². The van der Waals surface area contributed by atoms with Crippen molar-refractivity contribution in [3.8, 4) is 0 Å². The highest BCUT2D eigenvalue weighted by Gasteiger charge is 2.53. The third-order valence-electron chi connectivity index (χ3n) is 4.09. The molecule has 26 heavy (non-hydrogen) atoms. The van der Waals surface area contributed by atoms with Gasteiger partial charge in [-0.1, -0.05) is 36.4 Å². The van der Waals surface area contributed by atoms with Crippen molar-refractivity contribution in [2.24, 2.45) is 5.41 Å². The summed E-state index contributed by atoms with van der Waals surface area (Å²) in [4.78, 5) is 43.4. The first kappa shape index (κ1) is 19.7. The van der Waals surface area contributed by atoms with E-state index in [1.807, 2.05) is 18.3 Å². The quantitative estimate of drug-likeness (QED) is 0.514. The number of allylic oxidation sites excluding steroid dienone is 2. The Balaban J connectivity index is 0.000000223. The van der Waals surface area contributed by atoms with Gasteiger partial charge in [0.25, 0.3) is 0 Å². The van der Waals surface area contributed by atoms with Crippen LogP contribution >= 0.6 is 7.60 Å². The molecular weight excluding hydrogens is 361 g/mol. The number of aromatic nitrogens is 1. The summed E-state index contributed by atoms with van der Waals surface area (Å²) in [6.07, 6.45) is 5.19. The molecule has 0 radical (unpaired) electrons. The van der Waals surface area contributed by atoms with E-state index in [-0.39, 0.29) is 0 Å². The largest absolute Gasteiger partial charge is 0.481 e. The van der Waals surface area contributed by atoms with Crippen molar-refractivity contribution in [2.75, 3.05) is 0 Å². The highest BCUT2D eigenvalue weighted by atomic mass is 31.2. The molecule has 0 spiro atoms. The fourth-order valence-corrected chi connectivity index (χ4v) is 4.21. The van der Waals surface area contributed by atoms with Gasteiger partial charge in [-0.05, 0) is 24.4 Å². The Labute approximate surface area is 148 Å². The molecule has 2 aromatic rings. The second-order valence-electron chi connectivity index (χ2n) is 5.93. The van der Waals surface area contributed by atoms with E-state index in [9.17, 15) is 14.2 Å². The number of nitrogens with one attached hydrogen (secondary N) is 1. The van der Waals surface area contributed by atoms with Gasteiger partial charge < -0.3 is 25.0 Å². The molecular formula is C17H18NO7P. The molecule has 1 aromatic carbocycles.